The Hall–Kier alpha value is -0.340. The van der Waals surface area contributed by atoms with Crippen LogP contribution in [0.4, 0.5) is 0 Å². The molecule has 1 aromatic rings. The molecule has 0 atom stereocenters. The monoisotopic (exact) mass is 321 g/mol. The van der Waals surface area contributed by atoms with E-state index in [0.717, 1.165) is 0 Å². The van der Waals surface area contributed by atoms with Gasteiger partial charge in [0, 0.05) is 4.47 Å². The second-order valence-corrected chi connectivity index (χ2v) is 8.17. The molecule has 19 heavy (non-hydrogen) atoms. The van der Waals surface area contributed by atoms with Gasteiger partial charge in [0.25, 0.3) is 0 Å². The molecular formula is C17H24BrN. The maximum Gasteiger partial charge on any atom is 0.0212 e. The molecule has 0 unspecified atom stereocenters. The summed E-state index contributed by atoms with van der Waals surface area (Å²) in [4.78, 5) is 2.62. The summed E-state index contributed by atoms with van der Waals surface area (Å²) in [7, 11) is 0. The molecule has 0 amide bonds. The quantitative estimate of drug-likeness (QED) is 0.737. The summed E-state index contributed by atoms with van der Waals surface area (Å²) in [5.74, 6) is 0. The highest BCUT2D eigenvalue weighted by Gasteiger charge is 2.40. The maximum absolute atomic E-state index is 3.73. The first kappa shape index (κ1) is 13.6. The van der Waals surface area contributed by atoms with E-state index >= 15 is 0 Å². The molecule has 104 valence electrons. The number of fused-ring (bicyclic) bond motifs is 3. The van der Waals surface area contributed by atoms with Crippen LogP contribution in [0, 0.1) is 0 Å². The van der Waals surface area contributed by atoms with Crippen molar-refractivity contribution in [3.63, 3.8) is 0 Å². The summed E-state index contributed by atoms with van der Waals surface area (Å²) in [6, 6.07) is 7.11. The number of nitrogens with zero attached hydrogens (tertiary/aromatic N) is 1. The molecule has 4 rings (SSSR count). The van der Waals surface area contributed by atoms with Crippen LogP contribution < -0.4 is 0 Å². The van der Waals surface area contributed by atoms with Crippen LogP contribution in [0.1, 0.15) is 51.2 Å². The van der Waals surface area contributed by atoms with E-state index in [9.17, 15) is 0 Å². The van der Waals surface area contributed by atoms with Crippen molar-refractivity contribution in [1.29, 1.82) is 0 Å². The number of hydrogen-bond acceptors (Lipinski definition) is 1. The molecule has 3 aliphatic heterocycles. The van der Waals surface area contributed by atoms with Crippen LogP contribution in [0.2, 0.25) is 0 Å². The van der Waals surface area contributed by atoms with Gasteiger partial charge in [-0.1, -0.05) is 48.8 Å². The molecule has 2 heteroatoms. The Morgan fingerprint density at radius 2 is 1.63 bits per heavy atom. The summed E-state index contributed by atoms with van der Waals surface area (Å²) < 4.78 is 1.26. The summed E-state index contributed by atoms with van der Waals surface area (Å²) in [5, 5.41) is 0. The van der Waals surface area contributed by atoms with Gasteiger partial charge in [0.05, 0.1) is 0 Å². The van der Waals surface area contributed by atoms with Crippen molar-refractivity contribution in [2.24, 2.45) is 0 Å². The van der Waals surface area contributed by atoms with Crippen LogP contribution in [-0.4, -0.2) is 24.5 Å². The Bertz CT molecular complexity index is 465. The topological polar surface area (TPSA) is 3.24 Å². The van der Waals surface area contributed by atoms with Crippen LogP contribution in [-0.2, 0) is 10.8 Å². The first-order valence-corrected chi connectivity index (χ1v) is 8.23. The molecular weight excluding hydrogens is 298 g/mol. The predicted octanol–water partition coefficient (Wildman–Crippen LogP) is 4.48. The number of halogens is 1. The van der Waals surface area contributed by atoms with Crippen LogP contribution in [0.5, 0.6) is 0 Å². The lowest BCUT2D eigenvalue weighted by Gasteiger charge is -2.49. The zero-order valence-corrected chi connectivity index (χ0v) is 13.9. The number of hydrogen-bond donors (Lipinski definition) is 0. The van der Waals surface area contributed by atoms with Gasteiger partial charge in [-0.2, -0.15) is 0 Å². The van der Waals surface area contributed by atoms with Crippen LogP contribution in [0.15, 0.2) is 22.7 Å². The molecule has 2 bridgehead atoms. The van der Waals surface area contributed by atoms with E-state index in [4.69, 9.17) is 0 Å². The van der Waals surface area contributed by atoms with Gasteiger partial charge in [0.2, 0.25) is 0 Å². The normalized spacial score (nSPS) is 30.6. The summed E-state index contributed by atoms with van der Waals surface area (Å²) in [5.41, 5.74) is 3.71. The van der Waals surface area contributed by atoms with Gasteiger partial charge in [-0.05, 0) is 66.9 Å². The smallest absolute Gasteiger partial charge is 0.0212 e. The number of rotatable bonds is 1. The fourth-order valence-corrected chi connectivity index (χ4v) is 4.53. The SMILES string of the molecule is CC(C)(C)c1cc(C23CCN(CC2)CC3)ccc1Br. The summed E-state index contributed by atoms with van der Waals surface area (Å²) >= 11 is 3.73. The molecule has 3 saturated heterocycles. The lowest BCUT2D eigenvalue weighted by molar-refractivity contribution is 0.0817. The summed E-state index contributed by atoms with van der Waals surface area (Å²) in [6.45, 7) is 10.8. The molecule has 3 heterocycles. The molecule has 0 radical (unpaired) electrons. The van der Waals surface area contributed by atoms with Crippen LogP contribution in [0.3, 0.4) is 0 Å². The van der Waals surface area contributed by atoms with Gasteiger partial charge in [0.1, 0.15) is 0 Å². The number of benzene rings is 1. The molecule has 1 nitrogen and oxygen atoms in total. The molecule has 0 N–H and O–H groups in total. The average Bonchev–Trinajstić information content (AvgIpc) is 2.40. The Balaban J connectivity index is 2.01. The molecule has 0 aromatic heterocycles. The van der Waals surface area contributed by atoms with Gasteiger partial charge in [0.15, 0.2) is 0 Å². The molecule has 1 aromatic carbocycles. The Kier molecular flexibility index (Phi) is 3.30. The van der Waals surface area contributed by atoms with Crippen molar-refractivity contribution in [3.8, 4) is 0 Å². The lowest BCUT2D eigenvalue weighted by atomic mass is 9.67. The molecule has 3 fully saturated rings. The van der Waals surface area contributed by atoms with Crippen molar-refractivity contribution >= 4 is 15.9 Å². The Labute approximate surface area is 125 Å². The Morgan fingerprint density at radius 3 is 2.16 bits per heavy atom. The third kappa shape index (κ3) is 2.38. The first-order chi connectivity index (χ1) is 8.91. The maximum atomic E-state index is 3.73. The van der Waals surface area contributed by atoms with E-state index in [0.29, 0.717) is 5.41 Å². The zero-order chi connectivity index (χ0) is 13.7. The van der Waals surface area contributed by atoms with E-state index in [1.807, 2.05) is 0 Å². The molecule has 3 aliphatic rings. The largest absolute Gasteiger partial charge is 0.303 e. The van der Waals surface area contributed by atoms with Gasteiger partial charge in [-0.25, -0.2) is 0 Å². The zero-order valence-electron chi connectivity index (χ0n) is 12.3. The molecule has 0 aliphatic carbocycles. The lowest BCUT2D eigenvalue weighted by Crippen LogP contribution is -2.50. The highest BCUT2D eigenvalue weighted by atomic mass is 79.9. The highest BCUT2D eigenvalue weighted by molar-refractivity contribution is 9.10. The van der Waals surface area contributed by atoms with Gasteiger partial charge in [-0.15, -0.1) is 0 Å². The minimum atomic E-state index is 0.209. The van der Waals surface area contributed by atoms with E-state index in [2.05, 4.69) is 59.8 Å². The van der Waals surface area contributed by atoms with Gasteiger partial charge in [-0.3, -0.25) is 0 Å². The second-order valence-electron chi connectivity index (χ2n) is 7.32. The van der Waals surface area contributed by atoms with Crippen LogP contribution in [0.25, 0.3) is 0 Å². The summed E-state index contributed by atoms with van der Waals surface area (Å²) in [6.07, 6.45) is 4.04. The Morgan fingerprint density at radius 1 is 1.05 bits per heavy atom. The third-order valence-corrected chi connectivity index (χ3v) is 5.80. The minimum Gasteiger partial charge on any atom is -0.303 e. The molecule has 0 spiro atoms. The highest BCUT2D eigenvalue weighted by Crippen LogP contribution is 2.44. The van der Waals surface area contributed by atoms with E-state index in [1.165, 1.54) is 48.9 Å². The van der Waals surface area contributed by atoms with Crippen molar-refractivity contribution in [2.45, 2.75) is 50.9 Å². The molecule has 0 saturated carbocycles. The van der Waals surface area contributed by atoms with Crippen LogP contribution >= 0.6 is 15.9 Å². The van der Waals surface area contributed by atoms with E-state index < -0.39 is 0 Å². The van der Waals surface area contributed by atoms with Crippen molar-refractivity contribution in [2.75, 3.05) is 19.6 Å². The third-order valence-electron chi connectivity index (χ3n) is 5.11. The van der Waals surface area contributed by atoms with Gasteiger partial charge < -0.3 is 4.90 Å². The van der Waals surface area contributed by atoms with Crippen molar-refractivity contribution in [1.82, 2.24) is 4.90 Å². The average molecular weight is 322 g/mol. The van der Waals surface area contributed by atoms with E-state index in [-0.39, 0.29) is 5.41 Å². The number of piperidine rings is 3. The fraction of sp³-hybridized carbons (Fsp3) is 0.647. The van der Waals surface area contributed by atoms with Crippen molar-refractivity contribution < 1.29 is 0 Å². The first-order valence-electron chi connectivity index (χ1n) is 7.44. The van der Waals surface area contributed by atoms with Crippen molar-refractivity contribution in [3.05, 3.63) is 33.8 Å². The standard InChI is InChI=1S/C17H24BrN/c1-16(2,3)14-12-13(4-5-15(14)18)17-6-9-19(10-7-17)11-8-17/h4-5,12H,6-11H2,1-3H3. The second kappa shape index (κ2) is 4.60. The minimum absolute atomic E-state index is 0.209. The van der Waals surface area contributed by atoms with Gasteiger partial charge >= 0.3 is 0 Å². The predicted molar refractivity (Wildman–Crippen MR) is 84.8 cm³/mol. The van der Waals surface area contributed by atoms with E-state index in [1.54, 1.807) is 5.56 Å². The fourth-order valence-electron chi connectivity index (χ4n) is 3.69.